The summed E-state index contributed by atoms with van der Waals surface area (Å²) in [6.07, 6.45) is -0.742. The molecule has 1 unspecified atom stereocenters. The van der Waals surface area contributed by atoms with Crippen LogP contribution >= 0.6 is 0 Å². The monoisotopic (exact) mass is 423 g/mol. The molecule has 0 aliphatic carbocycles. The van der Waals surface area contributed by atoms with Gasteiger partial charge in [0.15, 0.2) is 6.04 Å². The number of carbonyl (C=O) groups is 2. The van der Waals surface area contributed by atoms with Crippen molar-refractivity contribution < 1.29 is 23.5 Å². The van der Waals surface area contributed by atoms with Crippen LogP contribution in [0.5, 0.6) is 5.75 Å². The van der Waals surface area contributed by atoms with E-state index in [1.165, 1.54) is 6.07 Å². The number of ether oxygens (including phenoxy) is 2. The topological polar surface area (TPSA) is 94.8 Å². The molecule has 0 saturated carbocycles. The summed E-state index contributed by atoms with van der Waals surface area (Å²) in [5.74, 6) is -0.515. The SMILES string of the molecule is Cc1c(C)c2ccc(OC(=O)C(NC(=O)OC(C)(C)C)c3ccccc3)cc2oc1=O. The van der Waals surface area contributed by atoms with Crippen LogP contribution in [0.15, 0.2) is 57.7 Å². The first-order valence-electron chi connectivity index (χ1n) is 9.85. The molecule has 0 fully saturated rings. The van der Waals surface area contributed by atoms with E-state index in [0.717, 1.165) is 10.9 Å². The first-order valence-corrected chi connectivity index (χ1v) is 9.85. The molecule has 1 aromatic heterocycles. The van der Waals surface area contributed by atoms with Crippen LogP contribution in [0.25, 0.3) is 11.0 Å². The Labute approximate surface area is 180 Å². The molecule has 3 rings (SSSR count). The maximum absolute atomic E-state index is 13.0. The van der Waals surface area contributed by atoms with Gasteiger partial charge in [-0.15, -0.1) is 0 Å². The van der Waals surface area contributed by atoms with Crippen molar-refractivity contribution in [3.63, 3.8) is 0 Å². The van der Waals surface area contributed by atoms with E-state index in [-0.39, 0.29) is 5.75 Å². The number of hydrogen-bond donors (Lipinski definition) is 1. The van der Waals surface area contributed by atoms with Gasteiger partial charge in [0.2, 0.25) is 0 Å². The second kappa shape index (κ2) is 8.63. The Morgan fingerprint density at radius 3 is 2.32 bits per heavy atom. The number of nitrogens with one attached hydrogen (secondary N) is 1. The van der Waals surface area contributed by atoms with Crippen LogP contribution in [0.4, 0.5) is 4.79 Å². The smallest absolute Gasteiger partial charge is 0.408 e. The maximum Gasteiger partial charge on any atom is 0.408 e. The standard InChI is InChI=1S/C24H25NO6/c1-14-15(2)21(26)30-19-13-17(11-12-18(14)19)29-22(27)20(16-9-7-6-8-10-16)25-23(28)31-24(3,4)5/h6-13,20H,1-5H3,(H,25,28). The normalized spacial score (nSPS) is 12.3. The number of rotatable bonds is 4. The maximum atomic E-state index is 13.0. The molecule has 3 aromatic rings. The van der Waals surface area contributed by atoms with Crippen LogP contribution in [0, 0.1) is 13.8 Å². The Bertz CT molecular complexity index is 1170. The van der Waals surface area contributed by atoms with Crippen LogP contribution in [0.2, 0.25) is 0 Å². The summed E-state index contributed by atoms with van der Waals surface area (Å²) in [6.45, 7) is 8.72. The summed E-state index contributed by atoms with van der Waals surface area (Å²) >= 11 is 0. The fourth-order valence-electron chi connectivity index (χ4n) is 3.02. The van der Waals surface area contributed by atoms with Gasteiger partial charge in [0.1, 0.15) is 16.9 Å². The van der Waals surface area contributed by atoms with Crippen molar-refractivity contribution in [1.29, 1.82) is 0 Å². The van der Waals surface area contributed by atoms with E-state index in [4.69, 9.17) is 13.9 Å². The Morgan fingerprint density at radius 1 is 1.00 bits per heavy atom. The minimum absolute atomic E-state index is 0.191. The first-order chi connectivity index (χ1) is 14.5. The number of hydrogen-bond acceptors (Lipinski definition) is 6. The molecule has 1 amide bonds. The third-order valence-corrected chi connectivity index (χ3v) is 4.68. The molecular weight excluding hydrogens is 398 g/mol. The number of fused-ring (bicyclic) bond motifs is 1. The molecule has 0 spiro atoms. The molecule has 0 aliphatic rings. The van der Waals surface area contributed by atoms with Crippen LogP contribution in [0.3, 0.4) is 0 Å². The third-order valence-electron chi connectivity index (χ3n) is 4.68. The van der Waals surface area contributed by atoms with Gasteiger partial charge >= 0.3 is 17.7 Å². The second-order valence-corrected chi connectivity index (χ2v) is 8.21. The quantitative estimate of drug-likeness (QED) is 0.375. The highest BCUT2D eigenvalue weighted by molar-refractivity contribution is 5.86. The molecule has 0 radical (unpaired) electrons. The second-order valence-electron chi connectivity index (χ2n) is 8.21. The fourth-order valence-corrected chi connectivity index (χ4v) is 3.02. The molecule has 1 atom stereocenters. The number of aryl methyl sites for hydroxylation is 1. The van der Waals surface area contributed by atoms with E-state index >= 15 is 0 Å². The van der Waals surface area contributed by atoms with Gasteiger partial charge < -0.3 is 19.2 Å². The average Bonchev–Trinajstić information content (AvgIpc) is 2.69. The zero-order valence-corrected chi connectivity index (χ0v) is 18.1. The summed E-state index contributed by atoms with van der Waals surface area (Å²) in [6, 6.07) is 12.4. The molecule has 0 saturated heterocycles. The fraction of sp³-hybridized carbons (Fsp3) is 0.292. The van der Waals surface area contributed by atoms with Gasteiger partial charge in [-0.25, -0.2) is 14.4 Å². The minimum Gasteiger partial charge on any atom is -0.444 e. The third kappa shape index (κ3) is 5.31. The molecule has 0 bridgehead atoms. The molecule has 7 nitrogen and oxygen atoms in total. The first kappa shape index (κ1) is 22.1. The Morgan fingerprint density at radius 2 is 1.68 bits per heavy atom. The van der Waals surface area contributed by atoms with Crippen LogP contribution < -0.4 is 15.7 Å². The molecule has 7 heteroatoms. The van der Waals surface area contributed by atoms with Gasteiger partial charge in [0.05, 0.1) is 0 Å². The molecule has 31 heavy (non-hydrogen) atoms. The predicted octanol–water partition coefficient (Wildman–Crippen LogP) is 4.58. The highest BCUT2D eigenvalue weighted by Crippen LogP contribution is 2.25. The largest absolute Gasteiger partial charge is 0.444 e. The van der Waals surface area contributed by atoms with Crippen molar-refractivity contribution in [2.75, 3.05) is 0 Å². The van der Waals surface area contributed by atoms with E-state index in [9.17, 15) is 14.4 Å². The summed E-state index contributed by atoms with van der Waals surface area (Å²) in [4.78, 5) is 37.2. The van der Waals surface area contributed by atoms with Crippen molar-refractivity contribution in [1.82, 2.24) is 5.32 Å². The van der Waals surface area contributed by atoms with Gasteiger partial charge in [-0.3, -0.25) is 0 Å². The van der Waals surface area contributed by atoms with Gasteiger partial charge in [-0.1, -0.05) is 30.3 Å². The number of esters is 1. The lowest BCUT2D eigenvalue weighted by Gasteiger charge is -2.23. The molecule has 2 aromatic carbocycles. The van der Waals surface area contributed by atoms with E-state index in [1.807, 2.05) is 6.92 Å². The lowest BCUT2D eigenvalue weighted by Crippen LogP contribution is -2.39. The molecular formula is C24H25NO6. The van der Waals surface area contributed by atoms with E-state index in [2.05, 4.69) is 5.32 Å². The van der Waals surface area contributed by atoms with Crippen LogP contribution in [0.1, 0.15) is 43.5 Å². The molecule has 1 heterocycles. The molecule has 0 aliphatic heterocycles. The average molecular weight is 423 g/mol. The summed E-state index contributed by atoms with van der Waals surface area (Å²) in [7, 11) is 0. The van der Waals surface area contributed by atoms with Crippen molar-refractivity contribution in [2.24, 2.45) is 0 Å². The number of benzene rings is 2. The lowest BCUT2D eigenvalue weighted by molar-refractivity contribution is -0.137. The van der Waals surface area contributed by atoms with E-state index < -0.39 is 29.3 Å². The highest BCUT2D eigenvalue weighted by Gasteiger charge is 2.27. The van der Waals surface area contributed by atoms with Crippen molar-refractivity contribution in [3.8, 4) is 5.75 Å². The number of alkyl carbamates (subject to hydrolysis) is 1. The summed E-state index contributed by atoms with van der Waals surface area (Å²) in [5.41, 5.74) is 1.02. The van der Waals surface area contributed by atoms with E-state index in [1.54, 1.807) is 70.2 Å². The zero-order chi connectivity index (χ0) is 22.8. The van der Waals surface area contributed by atoms with Gasteiger partial charge in [-0.05, 0) is 57.9 Å². The predicted molar refractivity (Wildman–Crippen MR) is 116 cm³/mol. The lowest BCUT2D eigenvalue weighted by atomic mass is 10.1. The Kier molecular flexibility index (Phi) is 6.15. The summed E-state index contributed by atoms with van der Waals surface area (Å²) in [5, 5.41) is 3.32. The van der Waals surface area contributed by atoms with Crippen molar-refractivity contribution in [3.05, 3.63) is 75.6 Å². The van der Waals surface area contributed by atoms with Gasteiger partial charge in [-0.2, -0.15) is 0 Å². The summed E-state index contributed by atoms with van der Waals surface area (Å²) < 4.78 is 16.1. The number of amides is 1. The van der Waals surface area contributed by atoms with Crippen molar-refractivity contribution >= 4 is 23.0 Å². The highest BCUT2D eigenvalue weighted by atomic mass is 16.6. The van der Waals surface area contributed by atoms with E-state index in [0.29, 0.717) is 16.7 Å². The molecule has 1 N–H and O–H groups in total. The Balaban J connectivity index is 1.88. The minimum atomic E-state index is -1.08. The van der Waals surface area contributed by atoms with Crippen LogP contribution in [-0.4, -0.2) is 17.7 Å². The van der Waals surface area contributed by atoms with Gasteiger partial charge in [0, 0.05) is 17.0 Å². The number of carbonyl (C=O) groups excluding carboxylic acids is 2. The Hall–Kier alpha value is -3.61. The molecule has 162 valence electrons. The van der Waals surface area contributed by atoms with Crippen molar-refractivity contribution in [2.45, 2.75) is 46.3 Å². The van der Waals surface area contributed by atoms with Crippen LogP contribution in [-0.2, 0) is 9.53 Å². The van der Waals surface area contributed by atoms with Gasteiger partial charge in [0.25, 0.3) is 0 Å². The zero-order valence-electron chi connectivity index (χ0n) is 18.1.